The van der Waals surface area contributed by atoms with Crippen LogP contribution in [0.5, 0.6) is 0 Å². The van der Waals surface area contributed by atoms with E-state index in [1.807, 2.05) is 6.07 Å². The van der Waals surface area contributed by atoms with Gasteiger partial charge in [-0.2, -0.15) is 17.0 Å². The Morgan fingerprint density at radius 1 is 1.39 bits per heavy atom. The van der Waals surface area contributed by atoms with Crippen LogP contribution in [0.2, 0.25) is 0 Å². The lowest BCUT2D eigenvalue weighted by molar-refractivity contribution is 0.296. The minimum absolute atomic E-state index is 0.229. The van der Waals surface area contributed by atoms with Crippen LogP contribution in [0.25, 0.3) is 0 Å². The summed E-state index contributed by atoms with van der Waals surface area (Å²) in [6.45, 7) is 1.45. The fourth-order valence-corrected chi connectivity index (χ4v) is 2.24. The van der Waals surface area contributed by atoms with Gasteiger partial charge in [0.1, 0.15) is 5.82 Å². The van der Waals surface area contributed by atoms with E-state index in [1.165, 1.54) is 12.1 Å². The summed E-state index contributed by atoms with van der Waals surface area (Å²) < 4.78 is 13.4. The molecular weight excluding hydrogens is 251 g/mol. The van der Waals surface area contributed by atoms with Crippen molar-refractivity contribution >= 4 is 11.8 Å². The Morgan fingerprint density at radius 2 is 2.22 bits per heavy atom. The number of nitrogens with one attached hydrogen (secondary N) is 1. The number of aliphatic hydroxyl groups excluding tert-OH is 1. The number of halogens is 1. The summed E-state index contributed by atoms with van der Waals surface area (Å²) in [5, 5.41) is 20.5. The van der Waals surface area contributed by atoms with Crippen LogP contribution in [0.3, 0.4) is 0 Å². The highest BCUT2D eigenvalue weighted by Gasteiger charge is 2.02. The number of nitriles is 1. The minimum Gasteiger partial charge on any atom is -0.396 e. The van der Waals surface area contributed by atoms with E-state index >= 15 is 0 Å². The number of hydrogen-bond acceptors (Lipinski definition) is 4. The Labute approximate surface area is 111 Å². The summed E-state index contributed by atoms with van der Waals surface area (Å²) in [4.78, 5) is 0. The fraction of sp³-hybridized carbons (Fsp3) is 0.462. The van der Waals surface area contributed by atoms with E-state index in [0.717, 1.165) is 24.5 Å². The maximum atomic E-state index is 13.4. The van der Waals surface area contributed by atoms with E-state index in [2.05, 4.69) is 5.32 Å². The Balaban J connectivity index is 2.25. The third kappa shape index (κ3) is 5.50. The van der Waals surface area contributed by atoms with Crippen molar-refractivity contribution in [2.24, 2.45) is 0 Å². The number of rotatable bonds is 8. The van der Waals surface area contributed by atoms with Crippen molar-refractivity contribution < 1.29 is 9.50 Å². The first kappa shape index (κ1) is 15.0. The standard InChI is InChI=1S/C13H17FN2OS/c14-13-3-2-11(9-15)8-12(13)10-16-4-7-18-6-1-5-17/h2-3,8,16-17H,1,4-7,10H2. The van der Waals surface area contributed by atoms with E-state index in [4.69, 9.17) is 10.4 Å². The summed E-state index contributed by atoms with van der Waals surface area (Å²) in [5.41, 5.74) is 1.000. The molecule has 3 nitrogen and oxygen atoms in total. The second kappa shape index (κ2) is 8.92. The summed E-state index contributed by atoms with van der Waals surface area (Å²) in [7, 11) is 0. The van der Waals surface area contributed by atoms with Crippen molar-refractivity contribution in [3.05, 3.63) is 35.1 Å². The second-order valence-electron chi connectivity index (χ2n) is 3.78. The second-order valence-corrected chi connectivity index (χ2v) is 5.01. The molecule has 0 atom stereocenters. The average molecular weight is 268 g/mol. The SMILES string of the molecule is N#Cc1ccc(F)c(CNCCSCCCO)c1. The molecule has 0 aliphatic rings. The zero-order chi connectivity index (χ0) is 13.2. The normalized spacial score (nSPS) is 10.3. The zero-order valence-corrected chi connectivity index (χ0v) is 11.0. The van der Waals surface area contributed by atoms with Crippen LogP contribution in [0.15, 0.2) is 18.2 Å². The molecule has 0 aromatic heterocycles. The first-order valence-corrected chi connectivity index (χ1v) is 7.01. The Hall–Kier alpha value is -1.09. The van der Waals surface area contributed by atoms with Crippen LogP contribution >= 0.6 is 11.8 Å². The molecule has 2 N–H and O–H groups in total. The van der Waals surface area contributed by atoms with Crippen molar-refractivity contribution in [3.63, 3.8) is 0 Å². The number of benzene rings is 1. The summed E-state index contributed by atoms with van der Waals surface area (Å²) in [5.74, 6) is 1.59. The lowest BCUT2D eigenvalue weighted by atomic mass is 10.1. The number of thioether (sulfide) groups is 1. The maximum absolute atomic E-state index is 13.4. The first-order valence-electron chi connectivity index (χ1n) is 5.85. The number of aliphatic hydroxyl groups is 1. The molecule has 0 radical (unpaired) electrons. The summed E-state index contributed by atoms with van der Waals surface area (Å²) in [6.07, 6.45) is 0.809. The van der Waals surface area contributed by atoms with Crippen LogP contribution in [0.1, 0.15) is 17.5 Å². The van der Waals surface area contributed by atoms with Crippen LogP contribution in [-0.2, 0) is 6.54 Å². The van der Waals surface area contributed by atoms with Gasteiger partial charge in [0.05, 0.1) is 11.6 Å². The quantitative estimate of drug-likeness (QED) is 0.707. The van der Waals surface area contributed by atoms with Crippen LogP contribution in [0.4, 0.5) is 4.39 Å². The summed E-state index contributed by atoms with van der Waals surface area (Å²) in [6, 6.07) is 6.37. The molecule has 1 aromatic carbocycles. The highest BCUT2D eigenvalue weighted by atomic mass is 32.2. The molecule has 0 unspecified atom stereocenters. The molecule has 0 heterocycles. The van der Waals surface area contributed by atoms with Crippen LogP contribution in [-0.4, -0.2) is 29.8 Å². The molecule has 0 bridgehead atoms. The molecule has 0 spiro atoms. The number of nitrogens with zero attached hydrogens (tertiary/aromatic N) is 1. The molecule has 0 saturated carbocycles. The van der Waals surface area contributed by atoms with E-state index in [0.29, 0.717) is 17.7 Å². The smallest absolute Gasteiger partial charge is 0.127 e. The van der Waals surface area contributed by atoms with Gasteiger partial charge in [-0.25, -0.2) is 4.39 Å². The molecule has 0 saturated heterocycles. The van der Waals surface area contributed by atoms with E-state index in [9.17, 15) is 4.39 Å². The molecule has 18 heavy (non-hydrogen) atoms. The molecule has 0 fully saturated rings. The first-order chi connectivity index (χ1) is 8.77. The number of hydrogen-bond donors (Lipinski definition) is 2. The van der Waals surface area contributed by atoms with Gasteiger partial charge in [0.15, 0.2) is 0 Å². The van der Waals surface area contributed by atoms with Crippen molar-refractivity contribution in [2.45, 2.75) is 13.0 Å². The summed E-state index contributed by atoms with van der Waals surface area (Å²) >= 11 is 1.76. The van der Waals surface area contributed by atoms with E-state index in [-0.39, 0.29) is 12.4 Å². The predicted octanol–water partition coefficient (Wildman–Crippen LogP) is 1.90. The van der Waals surface area contributed by atoms with Crippen molar-refractivity contribution in [3.8, 4) is 6.07 Å². The van der Waals surface area contributed by atoms with Gasteiger partial charge in [0, 0.05) is 31.0 Å². The molecule has 1 rings (SSSR count). The molecule has 1 aromatic rings. The van der Waals surface area contributed by atoms with Gasteiger partial charge in [0.25, 0.3) is 0 Å². The molecule has 0 aliphatic heterocycles. The van der Waals surface area contributed by atoms with Crippen molar-refractivity contribution in [1.82, 2.24) is 5.32 Å². The lowest BCUT2D eigenvalue weighted by Crippen LogP contribution is -2.17. The maximum Gasteiger partial charge on any atom is 0.127 e. The van der Waals surface area contributed by atoms with Gasteiger partial charge in [-0.15, -0.1) is 0 Å². The Kier molecular flexibility index (Phi) is 7.42. The van der Waals surface area contributed by atoms with Gasteiger partial charge in [0.2, 0.25) is 0 Å². The molecule has 98 valence electrons. The molecule has 0 aliphatic carbocycles. The zero-order valence-electron chi connectivity index (χ0n) is 10.2. The topological polar surface area (TPSA) is 56.0 Å². The highest BCUT2D eigenvalue weighted by Crippen LogP contribution is 2.09. The monoisotopic (exact) mass is 268 g/mol. The lowest BCUT2D eigenvalue weighted by Gasteiger charge is -2.06. The minimum atomic E-state index is -0.283. The van der Waals surface area contributed by atoms with Gasteiger partial charge < -0.3 is 10.4 Å². The van der Waals surface area contributed by atoms with Crippen molar-refractivity contribution in [1.29, 1.82) is 5.26 Å². The Morgan fingerprint density at radius 3 is 2.94 bits per heavy atom. The van der Waals surface area contributed by atoms with E-state index < -0.39 is 0 Å². The van der Waals surface area contributed by atoms with Crippen LogP contribution in [0, 0.1) is 17.1 Å². The fourth-order valence-electron chi connectivity index (χ4n) is 1.42. The third-order valence-electron chi connectivity index (χ3n) is 2.36. The predicted molar refractivity (Wildman–Crippen MR) is 71.8 cm³/mol. The average Bonchev–Trinajstić information content (AvgIpc) is 2.39. The van der Waals surface area contributed by atoms with Crippen LogP contribution < -0.4 is 5.32 Å². The van der Waals surface area contributed by atoms with Gasteiger partial charge in [-0.3, -0.25) is 0 Å². The molecular formula is C13H17FN2OS. The van der Waals surface area contributed by atoms with Crippen molar-refractivity contribution in [2.75, 3.05) is 24.7 Å². The highest BCUT2D eigenvalue weighted by molar-refractivity contribution is 7.99. The van der Waals surface area contributed by atoms with Gasteiger partial charge in [-0.1, -0.05) is 0 Å². The molecule has 0 amide bonds. The Bertz CT molecular complexity index is 406. The van der Waals surface area contributed by atoms with Gasteiger partial charge in [-0.05, 0) is 30.4 Å². The molecule has 5 heteroatoms. The largest absolute Gasteiger partial charge is 0.396 e. The van der Waals surface area contributed by atoms with E-state index in [1.54, 1.807) is 17.8 Å². The third-order valence-corrected chi connectivity index (χ3v) is 3.43. The van der Waals surface area contributed by atoms with Gasteiger partial charge >= 0.3 is 0 Å².